The molecule has 0 aliphatic rings. The Kier molecular flexibility index (Phi) is 7.04. The summed E-state index contributed by atoms with van der Waals surface area (Å²) in [6.45, 7) is 6.22. The molecule has 1 amide bonds. The van der Waals surface area contributed by atoms with Crippen molar-refractivity contribution in [1.29, 1.82) is 0 Å². The minimum absolute atomic E-state index is 0.0810. The smallest absolute Gasteiger partial charge is 0.255 e. The Labute approximate surface area is 182 Å². The lowest BCUT2D eigenvalue weighted by molar-refractivity contribution is 0.102. The predicted molar refractivity (Wildman–Crippen MR) is 120 cm³/mol. The minimum Gasteiger partial charge on any atom is -0.455 e. The van der Waals surface area contributed by atoms with E-state index in [-0.39, 0.29) is 10.6 Å². The number of ether oxygens (including phenoxy) is 1. The monoisotopic (exact) mass is 439 g/mol. The van der Waals surface area contributed by atoms with Gasteiger partial charge >= 0.3 is 0 Å². The van der Waals surface area contributed by atoms with Gasteiger partial charge in [0.1, 0.15) is 5.75 Å². The Morgan fingerprint density at radius 2 is 1.65 bits per heavy atom. The van der Waals surface area contributed by atoms with E-state index in [1.165, 1.54) is 28.8 Å². The first-order valence-electron chi connectivity index (χ1n) is 9.95. The molecule has 8 heteroatoms. The Hall–Kier alpha value is -3.23. The highest BCUT2D eigenvalue weighted by molar-refractivity contribution is 7.89. The van der Waals surface area contributed by atoms with Crippen molar-refractivity contribution in [2.45, 2.75) is 25.7 Å². The van der Waals surface area contributed by atoms with Crippen molar-refractivity contribution in [2.75, 3.05) is 18.4 Å². The normalized spacial score (nSPS) is 11.4. The van der Waals surface area contributed by atoms with E-state index < -0.39 is 15.9 Å². The average molecular weight is 440 g/mol. The van der Waals surface area contributed by atoms with Gasteiger partial charge in [0.15, 0.2) is 5.75 Å². The second-order valence-corrected chi connectivity index (χ2v) is 8.79. The molecule has 0 saturated heterocycles. The average Bonchev–Trinajstić information content (AvgIpc) is 2.77. The largest absolute Gasteiger partial charge is 0.455 e. The molecule has 1 heterocycles. The minimum atomic E-state index is -3.70. The zero-order valence-corrected chi connectivity index (χ0v) is 18.5. The van der Waals surface area contributed by atoms with Crippen LogP contribution in [0.15, 0.2) is 71.9 Å². The van der Waals surface area contributed by atoms with Gasteiger partial charge in [-0.25, -0.2) is 8.42 Å². The van der Waals surface area contributed by atoms with E-state index in [0.717, 1.165) is 5.56 Å². The third kappa shape index (κ3) is 5.28. The van der Waals surface area contributed by atoms with Crippen molar-refractivity contribution in [2.24, 2.45) is 0 Å². The fourth-order valence-corrected chi connectivity index (χ4v) is 4.48. The number of nitrogens with one attached hydrogen (secondary N) is 1. The first-order chi connectivity index (χ1) is 14.8. The van der Waals surface area contributed by atoms with Gasteiger partial charge in [-0.15, -0.1) is 0 Å². The number of carbonyl (C=O) groups excluding carboxylic acids is 1. The molecule has 0 aliphatic carbocycles. The van der Waals surface area contributed by atoms with Gasteiger partial charge in [-0.3, -0.25) is 9.78 Å². The van der Waals surface area contributed by atoms with Gasteiger partial charge in [-0.05, 0) is 49.4 Å². The van der Waals surface area contributed by atoms with Crippen molar-refractivity contribution in [3.05, 3.63) is 78.1 Å². The van der Waals surface area contributed by atoms with Crippen molar-refractivity contribution in [3.8, 4) is 11.5 Å². The predicted octanol–water partition coefficient (Wildman–Crippen LogP) is 4.47. The molecular formula is C23H25N3O4S. The van der Waals surface area contributed by atoms with Crippen LogP contribution in [-0.4, -0.2) is 36.7 Å². The van der Waals surface area contributed by atoms with E-state index in [0.29, 0.717) is 30.2 Å². The number of carbonyl (C=O) groups is 1. The molecule has 31 heavy (non-hydrogen) atoms. The fraction of sp³-hybridized carbons (Fsp3) is 0.217. The van der Waals surface area contributed by atoms with Gasteiger partial charge in [0.25, 0.3) is 5.91 Å². The highest BCUT2D eigenvalue weighted by Crippen LogP contribution is 2.33. The van der Waals surface area contributed by atoms with Crippen LogP contribution >= 0.6 is 0 Å². The third-order valence-electron chi connectivity index (χ3n) is 4.73. The number of hydrogen-bond donors (Lipinski definition) is 1. The van der Waals surface area contributed by atoms with Gasteiger partial charge in [-0.1, -0.05) is 31.5 Å². The number of anilines is 1. The van der Waals surface area contributed by atoms with E-state index in [4.69, 9.17) is 4.74 Å². The molecule has 3 aromatic rings. The van der Waals surface area contributed by atoms with Crippen LogP contribution in [0.5, 0.6) is 11.5 Å². The van der Waals surface area contributed by atoms with E-state index in [1.54, 1.807) is 32.0 Å². The van der Waals surface area contributed by atoms with Crippen LogP contribution in [0.4, 0.5) is 5.69 Å². The SMILES string of the molecule is CCN(CC)S(=O)(=O)c1ccc(Oc2ccc(C)cc2)c(NC(=O)c2ccncc2)c1. The quantitative estimate of drug-likeness (QED) is 0.560. The van der Waals surface area contributed by atoms with E-state index in [2.05, 4.69) is 10.3 Å². The van der Waals surface area contributed by atoms with Crippen LogP contribution in [0.1, 0.15) is 29.8 Å². The number of sulfonamides is 1. The Balaban J connectivity index is 2.01. The van der Waals surface area contributed by atoms with Crippen molar-refractivity contribution >= 4 is 21.6 Å². The van der Waals surface area contributed by atoms with Gasteiger partial charge in [0, 0.05) is 31.0 Å². The van der Waals surface area contributed by atoms with Gasteiger partial charge < -0.3 is 10.1 Å². The number of aromatic nitrogens is 1. The van der Waals surface area contributed by atoms with Crippen LogP contribution in [0.25, 0.3) is 0 Å². The molecule has 0 aliphatic heterocycles. The molecule has 0 spiro atoms. The van der Waals surface area contributed by atoms with Crippen LogP contribution in [0.3, 0.4) is 0 Å². The summed E-state index contributed by atoms with van der Waals surface area (Å²) in [5.74, 6) is 0.516. The number of pyridine rings is 1. The van der Waals surface area contributed by atoms with Crippen LogP contribution in [-0.2, 0) is 10.0 Å². The topological polar surface area (TPSA) is 88.6 Å². The zero-order chi connectivity index (χ0) is 22.4. The molecule has 7 nitrogen and oxygen atoms in total. The third-order valence-corrected chi connectivity index (χ3v) is 6.78. The summed E-state index contributed by atoms with van der Waals surface area (Å²) in [7, 11) is -3.70. The molecule has 1 N–H and O–H groups in total. The fourth-order valence-electron chi connectivity index (χ4n) is 3.00. The molecule has 0 unspecified atom stereocenters. The Bertz CT molecular complexity index is 1140. The molecule has 3 rings (SSSR count). The standard InChI is InChI=1S/C23H25N3O4S/c1-4-26(5-2)31(28,29)20-10-11-22(30-19-8-6-17(3)7-9-19)21(16-20)25-23(27)18-12-14-24-15-13-18/h6-16H,4-5H2,1-3H3,(H,25,27). The summed E-state index contributed by atoms with van der Waals surface area (Å²) in [5.41, 5.74) is 1.74. The lowest BCUT2D eigenvalue weighted by Crippen LogP contribution is -2.30. The number of aryl methyl sites for hydroxylation is 1. The number of rotatable bonds is 8. The van der Waals surface area contributed by atoms with Crippen molar-refractivity contribution < 1.29 is 17.9 Å². The number of amides is 1. The lowest BCUT2D eigenvalue weighted by atomic mass is 10.2. The van der Waals surface area contributed by atoms with Crippen LogP contribution in [0, 0.1) is 6.92 Å². The van der Waals surface area contributed by atoms with Gasteiger partial charge in [-0.2, -0.15) is 4.31 Å². The maximum absolute atomic E-state index is 13.0. The first kappa shape index (κ1) is 22.5. The van der Waals surface area contributed by atoms with Gasteiger partial charge in [0.05, 0.1) is 10.6 Å². The highest BCUT2D eigenvalue weighted by Gasteiger charge is 2.23. The van der Waals surface area contributed by atoms with E-state index in [1.807, 2.05) is 31.2 Å². The van der Waals surface area contributed by atoms with Gasteiger partial charge in [0.2, 0.25) is 10.0 Å². The molecule has 0 bridgehead atoms. The summed E-state index contributed by atoms with van der Waals surface area (Å²) < 4.78 is 33.3. The summed E-state index contributed by atoms with van der Waals surface area (Å²) in [5, 5.41) is 2.77. The number of hydrogen-bond acceptors (Lipinski definition) is 5. The molecule has 0 atom stereocenters. The Morgan fingerprint density at radius 1 is 1.00 bits per heavy atom. The molecule has 0 fully saturated rings. The summed E-state index contributed by atoms with van der Waals surface area (Å²) in [4.78, 5) is 16.7. The second-order valence-electron chi connectivity index (χ2n) is 6.85. The Morgan fingerprint density at radius 3 is 2.26 bits per heavy atom. The van der Waals surface area contributed by atoms with Crippen LogP contribution in [0.2, 0.25) is 0 Å². The van der Waals surface area contributed by atoms with E-state index >= 15 is 0 Å². The van der Waals surface area contributed by atoms with Crippen molar-refractivity contribution in [1.82, 2.24) is 9.29 Å². The summed E-state index contributed by atoms with van der Waals surface area (Å²) >= 11 is 0. The second kappa shape index (κ2) is 9.72. The summed E-state index contributed by atoms with van der Waals surface area (Å²) in [6.07, 6.45) is 3.03. The molecule has 0 radical (unpaired) electrons. The number of benzene rings is 2. The molecule has 1 aromatic heterocycles. The highest BCUT2D eigenvalue weighted by atomic mass is 32.2. The van der Waals surface area contributed by atoms with Crippen LogP contribution < -0.4 is 10.1 Å². The molecule has 162 valence electrons. The molecule has 0 saturated carbocycles. The summed E-state index contributed by atoms with van der Waals surface area (Å²) in [6, 6.07) is 15.1. The first-order valence-corrected chi connectivity index (χ1v) is 11.4. The molecular weight excluding hydrogens is 414 g/mol. The maximum atomic E-state index is 13.0. The number of nitrogens with zero attached hydrogens (tertiary/aromatic N) is 2. The maximum Gasteiger partial charge on any atom is 0.255 e. The van der Waals surface area contributed by atoms with E-state index in [9.17, 15) is 13.2 Å². The zero-order valence-electron chi connectivity index (χ0n) is 17.7. The van der Waals surface area contributed by atoms with Crippen molar-refractivity contribution in [3.63, 3.8) is 0 Å². The lowest BCUT2D eigenvalue weighted by Gasteiger charge is -2.20. The molecule has 2 aromatic carbocycles.